The van der Waals surface area contributed by atoms with Crippen molar-refractivity contribution in [2.75, 3.05) is 0 Å². The van der Waals surface area contributed by atoms with Gasteiger partial charge in [0.05, 0.1) is 5.69 Å². The van der Waals surface area contributed by atoms with Gasteiger partial charge in [0.25, 0.3) is 5.91 Å². The second-order valence-electron chi connectivity index (χ2n) is 4.64. The van der Waals surface area contributed by atoms with Gasteiger partial charge in [-0.05, 0) is 31.7 Å². The zero-order valence-corrected chi connectivity index (χ0v) is 11.2. The molecule has 0 saturated heterocycles. The maximum Gasteiger partial charge on any atom is 0.259 e. The average molecular weight is 238 g/mol. The molecule has 0 aromatic carbocycles. The van der Waals surface area contributed by atoms with E-state index in [2.05, 4.69) is 17.4 Å². The zero-order valence-electron chi connectivity index (χ0n) is 11.2. The first-order valence-corrected chi connectivity index (χ1v) is 5.99. The summed E-state index contributed by atoms with van der Waals surface area (Å²) in [4.78, 5) is 11.8. The predicted octanol–water partition coefficient (Wildman–Crippen LogP) is 1.25. The Kier molecular flexibility index (Phi) is 4.28. The van der Waals surface area contributed by atoms with Crippen LogP contribution >= 0.6 is 0 Å². The molecule has 3 N–H and O–H groups in total. The van der Waals surface area contributed by atoms with Crippen molar-refractivity contribution in [3.8, 4) is 0 Å². The lowest BCUT2D eigenvalue weighted by molar-refractivity contribution is -0.126. The number of nitrogens with zero attached hydrogens (tertiary/aromatic N) is 2. The van der Waals surface area contributed by atoms with Crippen LogP contribution in [-0.4, -0.2) is 15.7 Å². The molecule has 5 nitrogen and oxygen atoms in total. The van der Waals surface area contributed by atoms with Gasteiger partial charge in [-0.25, -0.2) is 5.84 Å². The van der Waals surface area contributed by atoms with Crippen molar-refractivity contribution >= 4 is 5.91 Å². The molecule has 0 bridgehead atoms. The fourth-order valence-corrected chi connectivity index (χ4v) is 2.26. The number of hydrogen-bond donors (Lipinski definition) is 2. The number of nitrogens with two attached hydrogens (primary N) is 1. The maximum absolute atomic E-state index is 11.8. The second kappa shape index (κ2) is 5.31. The maximum atomic E-state index is 11.8. The summed E-state index contributed by atoms with van der Waals surface area (Å²) in [6.07, 6.45) is 0.923. The van der Waals surface area contributed by atoms with E-state index >= 15 is 0 Å². The lowest BCUT2D eigenvalue weighted by atomic mass is 10.0. The largest absolute Gasteiger partial charge is 0.292 e. The van der Waals surface area contributed by atoms with E-state index in [0.29, 0.717) is 0 Å². The molecule has 96 valence electrons. The number of carbonyl (C=O) groups excluding carboxylic acids is 1. The van der Waals surface area contributed by atoms with Gasteiger partial charge < -0.3 is 0 Å². The average Bonchev–Trinajstić information content (AvgIpc) is 2.54. The van der Waals surface area contributed by atoms with E-state index in [0.717, 1.165) is 17.8 Å². The van der Waals surface area contributed by atoms with Gasteiger partial charge in [0.2, 0.25) is 0 Å². The number of hydrazine groups is 1. The van der Waals surface area contributed by atoms with Gasteiger partial charge >= 0.3 is 0 Å². The van der Waals surface area contributed by atoms with Gasteiger partial charge in [-0.1, -0.05) is 20.8 Å². The number of hydrogen-bond acceptors (Lipinski definition) is 3. The minimum Gasteiger partial charge on any atom is -0.292 e. The molecule has 0 spiro atoms. The second-order valence-corrected chi connectivity index (χ2v) is 4.64. The van der Waals surface area contributed by atoms with Crippen LogP contribution in [0.3, 0.4) is 0 Å². The van der Waals surface area contributed by atoms with Gasteiger partial charge in [-0.2, -0.15) is 5.10 Å². The van der Waals surface area contributed by atoms with Crippen molar-refractivity contribution < 1.29 is 4.79 Å². The smallest absolute Gasteiger partial charge is 0.259 e. The molecule has 0 saturated carbocycles. The molecule has 1 aromatic heterocycles. The summed E-state index contributed by atoms with van der Waals surface area (Å²) in [5.41, 5.74) is 5.46. The van der Waals surface area contributed by atoms with Crippen molar-refractivity contribution in [1.29, 1.82) is 0 Å². The number of aryl methyl sites for hydroxylation is 1. The Hall–Kier alpha value is -1.36. The highest BCUT2D eigenvalue weighted by molar-refractivity contribution is 5.79. The molecule has 0 fully saturated rings. The number of carbonyl (C=O) groups is 1. The van der Waals surface area contributed by atoms with Crippen LogP contribution in [-0.2, 0) is 11.2 Å². The van der Waals surface area contributed by atoms with E-state index in [1.54, 1.807) is 4.68 Å². The van der Waals surface area contributed by atoms with Gasteiger partial charge in [0, 0.05) is 5.69 Å². The monoisotopic (exact) mass is 238 g/mol. The molecule has 1 heterocycles. The Morgan fingerprint density at radius 2 is 2.06 bits per heavy atom. The molecule has 0 aliphatic heterocycles. The number of amides is 1. The Morgan fingerprint density at radius 3 is 2.41 bits per heavy atom. The van der Waals surface area contributed by atoms with Crippen LogP contribution in [0.1, 0.15) is 43.8 Å². The van der Waals surface area contributed by atoms with Crippen LogP contribution in [0.4, 0.5) is 0 Å². The summed E-state index contributed by atoms with van der Waals surface area (Å²) in [7, 11) is 0. The van der Waals surface area contributed by atoms with Crippen molar-refractivity contribution in [2.24, 2.45) is 11.8 Å². The van der Waals surface area contributed by atoms with E-state index < -0.39 is 0 Å². The zero-order chi connectivity index (χ0) is 13.2. The first-order chi connectivity index (χ1) is 7.93. The third-order valence-corrected chi connectivity index (χ3v) is 3.13. The Bertz CT molecular complexity index is 409. The van der Waals surface area contributed by atoms with Crippen LogP contribution in [0.2, 0.25) is 0 Å². The van der Waals surface area contributed by atoms with Gasteiger partial charge in [-0.15, -0.1) is 0 Å². The van der Waals surface area contributed by atoms with Gasteiger partial charge in [0.15, 0.2) is 0 Å². The summed E-state index contributed by atoms with van der Waals surface area (Å²) in [6, 6.07) is -0.348. The summed E-state index contributed by atoms with van der Waals surface area (Å²) in [5.74, 6) is 5.17. The van der Waals surface area contributed by atoms with E-state index in [4.69, 9.17) is 5.84 Å². The summed E-state index contributed by atoms with van der Waals surface area (Å²) in [6.45, 7) is 10.0. The van der Waals surface area contributed by atoms with Crippen LogP contribution in [0, 0.1) is 19.8 Å². The topological polar surface area (TPSA) is 72.9 Å². The van der Waals surface area contributed by atoms with Crippen molar-refractivity contribution in [3.63, 3.8) is 0 Å². The molecule has 0 aliphatic carbocycles. The molecular formula is C12H22N4O. The first-order valence-electron chi connectivity index (χ1n) is 5.99. The minimum absolute atomic E-state index is 0.140. The highest BCUT2D eigenvalue weighted by Crippen LogP contribution is 2.23. The summed E-state index contributed by atoms with van der Waals surface area (Å²) >= 11 is 0. The van der Waals surface area contributed by atoms with E-state index in [9.17, 15) is 4.79 Å². The van der Waals surface area contributed by atoms with Crippen molar-refractivity contribution in [3.05, 3.63) is 17.0 Å². The fourth-order valence-electron chi connectivity index (χ4n) is 2.26. The molecule has 5 heteroatoms. The van der Waals surface area contributed by atoms with E-state index in [1.807, 2.05) is 27.7 Å². The van der Waals surface area contributed by atoms with Crippen LogP contribution in [0.5, 0.6) is 0 Å². The summed E-state index contributed by atoms with van der Waals surface area (Å²) < 4.78 is 1.79. The quantitative estimate of drug-likeness (QED) is 0.471. The molecule has 1 unspecified atom stereocenters. The standard InChI is InChI=1S/C12H22N4O/c1-6-10-8(4)15-16(9(10)5)11(7(2)3)12(17)14-13/h7,11H,6,13H2,1-5H3,(H,14,17). The predicted molar refractivity (Wildman–Crippen MR) is 67.3 cm³/mol. The van der Waals surface area contributed by atoms with Crippen molar-refractivity contribution in [2.45, 2.75) is 47.1 Å². The molecule has 17 heavy (non-hydrogen) atoms. The van der Waals surface area contributed by atoms with Gasteiger partial charge in [0.1, 0.15) is 6.04 Å². The Balaban J connectivity index is 3.24. The molecule has 1 amide bonds. The van der Waals surface area contributed by atoms with Crippen molar-refractivity contribution in [1.82, 2.24) is 15.2 Å². The fraction of sp³-hybridized carbons (Fsp3) is 0.667. The lowest BCUT2D eigenvalue weighted by Crippen LogP contribution is -2.40. The van der Waals surface area contributed by atoms with E-state index in [1.165, 1.54) is 5.56 Å². The molecule has 1 atom stereocenters. The SMILES string of the molecule is CCc1c(C)nn(C(C(=O)NN)C(C)C)c1C. The number of nitrogens with one attached hydrogen (secondary N) is 1. The highest BCUT2D eigenvalue weighted by atomic mass is 16.2. The van der Waals surface area contributed by atoms with Gasteiger partial charge in [-0.3, -0.25) is 14.9 Å². The highest BCUT2D eigenvalue weighted by Gasteiger charge is 2.27. The molecule has 1 rings (SSSR count). The first kappa shape index (κ1) is 13.7. The van der Waals surface area contributed by atoms with E-state index in [-0.39, 0.29) is 17.9 Å². The number of aromatic nitrogens is 2. The third-order valence-electron chi connectivity index (χ3n) is 3.13. The molecule has 1 aromatic rings. The lowest BCUT2D eigenvalue weighted by Gasteiger charge is -2.21. The van der Waals surface area contributed by atoms with Crippen LogP contribution in [0.25, 0.3) is 0 Å². The third kappa shape index (κ3) is 2.49. The normalized spacial score (nSPS) is 12.9. The number of rotatable bonds is 4. The molecule has 0 radical (unpaired) electrons. The molecular weight excluding hydrogens is 216 g/mol. The Labute approximate surface area is 102 Å². The van der Waals surface area contributed by atoms with Crippen LogP contribution in [0.15, 0.2) is 0 Å². The molecule has 0 aliphatic rings. The minimum atomic E-state index is -0.348. The summed E-state index contributed by atoms with van der Waals surface area (Å²) in [5, 5.41) is 4.47. The Morgan fingerprint density at radius 1 is 1.47 bits per heavy atom. The van der Waals surface area contributed by atoms with Crippen LogP contribution < -0.4 is 11.3 Å².